The monoisotopic (exact) mass is 415 g/mol. The number of ether oxygens (including phenoxy) is 4. The molecule has 8 atom stereocenters. The minimum atomic E-state index is -0.977. The number of rotatable bonds is 7. The highest BCUT2D eigenvalue weighted by atomic mass is 16.7. The molecule has 0 saturated carbocycles. The van der Waals surface area contributed by atoms with Crippen LogP contribution in [0, 0.1) is 10.1 Å². The SMILES string of the molecule is CO[C@H]1O[C@H](C)[C@@H](O)[C@@H]1Nc1ncnc(N[C@@H]2[C@@H](OC)O[C@H](C)[C@H]2O)c1[N+](=O)[O-]. The van der Waals surface area contributed by atoms with Crippen molar-refractivity contribution in [2.75, 3.05) is 24.9 Å². The van der Waals surface area contributed by atoms with E-state index in [-0.39, 0.29) is 11.6 Å². The maximum atomic E-state index is 11.8. The quantitative estimate of drug-likeness (QED) is 0.331. The van der Waals surface area contributed by atoms with Crippen molar-refractivity contribution in [2.45, 2.75) is 62.9 Å². The third-order valence-electron chi connectivity index (χ3n) is 5.06. The molecule has 3 heterocycles. The average molecular weight is 415 g/mol. The molecule has 1 aromatic rings. The molecule has 2 aliphatic heterocycles. The summed E-state index contributed by atoms with van der Waals surface area (Å²) in [6, 6.07) is -1.58. The number of aromatic nitrogens is 2. The topological polar surface area (TPSA) is 170 Å². The van der Waals surface area contributed by atoms with Gasteiger partial charge in [-0.15, -0.1) is 0 Å². The molecule has 0 bridgehead atoms. The summed E-state index contributed by atoms with van der Waals surface area (Å²) in [4.78, 5) is 19.0. The van der Waals surface area contributed by atoms with Crippen LogP contribution >= 0.6 is 0 Å². The van der Waals surface area contributed by atoms with Gasteiger partial charge in [-0.05, 0) is 13.8 Å². The summed E-state index contributed by atoms with van der Waals surface area (Å²) >= 11 is 0. The molecule has 0 aromatic carbocycles. The van der Waals surface area contributed by atoms with E-state index in [1.54, 1.807) is 13.8 Å². The highest BCUT2D eigenvalue weighted by Gasteiger charge is 2.45. The maximum Gasteiger partial charge on any atom is 0.353 e. The highest BCUT2D eigenvalue weighted by molar-refractivity contribution is 5.70. The molecule has 0 spiro atoms. The standard InChI is InChI=1S/C16H25N5O8/c1-6-11(22)8(15(26-3)28-6)19-13-10(21(24)25)14(18-5-17-13)20-9-12(23)7(2)29-16(9)27-4/h5-9,11-12,15-16,22-23H,1-4H3,(H2,17,18,19,20)/t6-,7-,8+,9+,11-,12-,15+,16+/m1/s1. The normalized spacial score (nSPS) is 36.9. The second-order valence-electron chi connectivity index (χ2n) is 6.89. The van der Waals surface area contributed by atoms with Crippen molar-refractivity contribution in [3.8, 4) is 0 Å². The van der Waals surface area contributed by atoms with Gasteiger partial charge in [0.15, 0.2) is 12.6 Å². The molecule has 0 amide bonds. The first-order valence-electron chi connectivity index (χ1n) is 9.03. The summed E-state index contributed by atoms with van der Waals surface area (Å²) in [7, 11) is 2.80. The van der Waals surface area contributed by atoms with E-state index in [9.17, 15) is 20.3 Å². The van der Waals surface area contributed by atoms with Gasteiger partial charge in [0.05, 0.1) is 17.1 Å². The predicted molar refractivity (Wildman–Crippen MR) is 98.2 cm³/mol. The molecule has 13 nitrogen and oxygen atoms in total. The van der Waals surface area contributed by atoms with E-state index in [1.165, 1.54) is 14.2 Å². The summed E-state index contributed by atoms with van der Waals surface area (Å²) in [5, 5.41) is 38.1. The number of hydrogen-bond acceptors (Lipinski definition) is 12. The van der Waals surface area contributed by atoms with Crippen LogP contribution in [-0.4, -0.2) is 88.4 Å². The highest BCUT2D eigenvalue weighted by Crippen LogP contribution is 2.34. The lowest BCUT2D eigenvalue weighted by atomic mass is 10.1. The second kappa shape index (κ2) is 8.69. The zero-order chi connectivity index (χ0) is 21.3. The van der Waals surface area contributed by atoms with Crippen molar-refractivity contribution < 1.29 is 34.1 Å². The Balaban J connectivity index is 1.90. The van der Waals surface area contributed by atoms with Crippen molar-refractivity contribution in [2.24, 2.45) is 0 Å². The fraction of sp³-hybridized carbons (Fsp3) is 0.750. The van der Waals surface area contributed by atoms with Crippen LogP contribution in [0.1, 0.15) is 13.8 Å². The number of nitrogens with one attached hydrogen (secondary N) is 2. The first-order valence-corrected chi connectivity index (χ1v) is 9.03. The van der Waals surface area contributed by atoms with Crippen molar-refractivity contribution in [3.05, 3.63) is 16.4 Å². The Morgan fingerprint density at radius 2 is 1.41 bits per heavy atom. The Morgan fingerprint density at radius 3 is 1.76 bits per heavy atom. The van der Waals surface area contributed by atoms with Crippen LogP contribution in [-0.2, 0) is 18.9 Å². The predicted octanol–water partition coefficient (Wildman–Crippen LogP) is -0.550. The van der Waals surface area contributed by atoms with E-state index in [2.05, 4.69) is 20.6 Å². The van der Waals surface area contributed by atoms with Crippen LogP contribution in [0.5, 0.6) is 0 Å². The number of aliphatic hydroxyl groups is 2. The zero-order valence-corrected chi connectivity index (χ0v) is 16.4. The number of anilines is 2. The number of nitro groups is 1. The summed E-state index contributed by atoms with van der Waals surface area (Å²) in [5.74, 6) is -0.265. The van der Waals surface area contributed by atoms with Crippen LogP contribution in [0.3, 0.4) is 0 Å². The number of nitrogens with zero attached hydrogens (tertiary/aromatic N) is 3. The molecule has 3 rings (SSSR count). The van der Waals surface area contributed by atoms with Gasteiger partial charge in [-0.25, -0.2) is 9.97 Å². The molecule has 1 aromatic heterocycles. The van der Waals surface area contributed by atoms with Gasteiger partial charge in [0.25, 0.3) is 0 Å². The summed E-state index contributed by atoms with van der Waals surface area (Å²) in [6.45, 7) is 3.32. The van der Waals surface area contributed by atoms with E-state index in [0.717, 1.165) is 6.33 Å². The van der Waals surface area contributed by atoms with Gasteiger partial charge in [-0.3, -0.25) is 10.1 Å². The van der Waals surface area contributed by atoms with Crippen LogP contribution < -0.4 is 10.6 Å². The average Bonchev–Trinajstić information content (AvgIpc) is 3.12. The lowest BCUT2D eigenvalue weighted by Crippen LogP contribution is -2.41. The van der Waals surface area contributed by atoms with Gasteiger partial charge in [0.1, 0.15) is 30.6 Å². The maximum absolute atomic E-state index is 11.8. The van der Waals surface area contributed by atoms with Crippen molar-refractivity contribution in [3.63, 3.8) is 0 Å². The van der Waals surface area contributed by atoms with Gasteiger partial charge < -0.3 is 39.8 Å². The summed E-state index contributed by atoms with van der Waals surface area (Å²) in [5.41, 5.74) is -0.462. The first-order chi connectivity index (χ1) is 13.8. The third kappa shape index (κ3) is 4.10. The first kappa shape index (κ1) is 21.5. The minimum absolute atomic E-state index is 0.133. The van der Waals surface area contributed by atoms with E-state index in [4.69, 9.17) is 18.9 Å². The van der Waals surface area contributed by atoms with Crippen molar-refractivity contribution >= 4 is 17.3 Å². The van der Waals surface area contributed by atoms with Crippen LogP contribution in [0.4, 0.5) is 17.3 Å². The Bertz CT molecular complexity index is 689. The lowest BCUT2D eigenvalue weighted by molar-refractivity contribution is -0.383. The van der Waals surface area contributed by atoms with E-state index in [0.29, 0.717) is 0 Å². The smallest absolute Gasteiger partial charge is 0.353 e. The number of aliphatic hydroxyl groups excluding tert-OH is 2. The van der Waals surface area contributed by atoms with Gasteiger partial charge in [0, 0.05) is 14.2 Å². The largest absolute Gasteiger partial charge is 0.388 e. The summed E-state index contributed by atoms with van der Waals surface area (Å²) < 4.78 is 21.3. The number of methoxy groups -OCH3 is 2. The Labute approximate surface area is 166 Å². The molecule has 29 heavy (non-hydrogen) atoms. The van der Waals surface area contributed by atoms with Crippen molar-refractivity contribution in [1.29, 1.82) is 0 Å². The van der Waals surface area contributed by atoms with E-state index < -0.39 is 59.7 Å². The molecule has 162 valence electrons. The fourth-order valence-electron chi connectivity index (χ4n) is 3.45. The fourth-order valence-corrected chi connectivity index (χ4v) is 3.45. The van der Waals surface area contributed by atoms with Gasteiger partial charge in [-0.2, -0.15) is 0 Å². The van der Waals surface area contributed by atoms with Crippen LogP contribution in [0.15, 0.2) is 6.33 Å². The molecule has 0 unspecified atom stereocenters. The molecule has 4 N–H and O–H groups in total. The molecule has 0 radical (unpaired) electrons. The van der Waals surface area contributed by atoms with E-state index >= 15 is 0 Å². The molecule has 2 aliphatic rings. The Hall–Kier alpha value is -2.16. The molecule has 2 saturated heterocycles. The van der Waals surface area contributed by atoms with Gasteiger partial charge in [-0.1, -0.05) is 0 Å². The van der Waals surface area contributed by atoms with Gasteiger partial charge in [0.2, 0.25) is 11.6 Å². The number of hydrogen-bond donors (Lipinski definition) is 4. The molecule has 13 heteroatoms. The summed E-state index contributed by atoms with van der Waals surface area (Å²) in [6.07, 6.45) is -3.55. The second-order valence-corrected chi connectivity index (χ2v) is 6.89. The Morgan fingerprint density at radius 1 is 1.00 bits per heavy atom. The van der Waals surface area contributed by atoms with Crippen molar-refractivity contribution in [1.82, 2.24) is 9.97 Å². The van der Waals surface area contributed by atoms with Gasteiger partial charge >= 0.3 is 5.69 Å². The molecular weight excluding hydrogens is 390 g/mol. The van der Waals surface area contributed by atoms with Crippen LogP contribution in [0.2, 0.25) is 0 Å². The van der Waals surface area contributed by atoms with Crippen LogP contribution in [0.25, 0.3) is 0 Å². The molecule has 0 aliphatic carbocycles. The third-order valence-corrected chi connectivity index (χ3v) is 5.06. The lowest BCUT2D eigenvalue weighted by Gasteiger charge is -2.23. The molecule has 2 fully saturated rings. The Kier molecular flexibility index (Phi) is 6.45. The molecular formula is C16H25N5O8. The zero-order valence-electron chi connectivity index (χ0n) is 16.4. The van der Waals surface area contributed by atoms with E-state index in [1.807, 2.05) is 0 Å². The minimum Gasteiger partial charge on any atom is -0.388 e.